The van der Waals surface area contributed by atoms with Gasteiger partial charge in [-0.25, -0.2) is 0 Å². The van der Waals surface area contributed by atoms with Crippen LogP contribution < -0.4 is 5.32 Å². The van der Waals surface area contributed by atoms with Gasteiger partial charge in [-0.15, -0.1) is 0 Å². The number of rotatable bonds is 1. The van der Waals surface area contributed by atoms with Crippen molar-refractivity contribution < 1.29 is 14.3 Å². The molecule has 1 fully saturated rings. The van der Waals surface area contributed by atoms with Crippen LogP contribution in [0.1, 0.15) is 16.7 Å². The Kier molecular flexibility index (Phi) is 4.39. The number of benzene rings is 1. The fraction of sp³-hybridized carbons (Fsp3) is 0.467. The molecular weight excluding hydrogens is 256 g/mol. The van der Waals surface area contributed by atoms with Crippen LogP contribution in [0, 0.1) is 20.8 Å². The second kappa shape index (κ2) is 6.05. The maximum atomic E-state index is 12.1. The van der Waals surface area contributed by atoms with E-state index in [1.807, 2.05) is 32.9 Å². The molecule has 1 heterocycles. The maximum Gasteiger partial charge on any atom is 0.313 e. The lowest BCUT2D eigenvalue weighted by molar-refractivity contribution is -0.145. The third-order valence-corrected chi connectivity index (χ3v) is 3.41. The van der Waals surface area contributed by atoms with Crippen molar-refractivity contribution in [2.24, 2.45) is 0 Å². The Morgan fingerprint density at radius 3 is 2.20 bits per heavy atom. The van der Waals surface area contributed by atoms with Crippen LogP contribution in [0.15, 0.2) is 12.1 Å². The third-order valence-electron chi connectivity index (χ3n) is 3.41. The molecule has 0 saturated carbocycles. The van der Waals surface area contributed by atoms with Crippen LogP contribution in [-0.4, -0.2) is 43.0 Å². The minimum atomic E-state index is -0.582. The first kappa shape index (κ1) is 14.5. The number of aryl methyl sites for hydroxylation is 3. The van der Waals surface area contributed by atoms with Gasteiger partial charge < -0.3 is 15.0 Å². The number of amides is 2. The molecule has 20 heavy (non-hydrogen) atoms. The highest BCUT2D eigenvalue weighted by Crippen LogP contribution is 2.21. The van der Waals surface area contributed by atoms with Crippen LogP contribution in [-0.2, 0) is 14.3 Å². The van der Waals surface area contributed by atoms with E-state index in [2.05, 4.69) is 5.32 Å². The fourth-order valence-corrected chi connectivity index (χ4v) is 2.45. The number of anilines is 1. The summed E-state index contributed by atoms with van der Waals surface area (Å²) in [5, 5.41) is 2.73. The predicted molar refractivity (Wildman–Crippen MR) is 76.7 cm³/mol. The summed E-state index contributed by atoms with van der Waals surface area (Å²) in [5.41, 5.74) is 3.79. The standard InChI is InChI=1S/C15H20N2O3/c1-10-8-11(2)13(12(3)9-10)16-14(18)15(19)17-4-6-20-7-5-17/h8-9H,4-7H2,1-3H3,(H,16,18). The van der Waals surface area contributed by atoms with E-state index in [1.165, 1.54) is 4.90 Å². The molecule has 0 bridgehead atoms. The molecule has 2 rings (SSSR count). The summed E-state index contributed by atoms with van der Waals surface area (Å²) >= 11 is 0. The van der Waals surface area contributed by atoms with Gasteiger partial charge in [0.15, 0.2) is 0 Å². The highest BCUT2D eigenvalue weighted by molar-refractivity contribution is 6.39. The number of carbonyl (C=O) groups is 2. The molecule has 5 nitrogen and oxygen atoms in total. The largest absolute Gasteiger partial charge is 0.378 e. The predicted octanol–water partition coefficient (Wildman–Crippen LogP) is 1.41. The highest BCUT2D eigenvalue weighted by Gasteiger charge is 2.24. The molecule has 108 valence electrons. The molecule has 1 aliphatic rings. The van der Waals surface area contributed by atoms with E-state index < -0.39 is 11.8 Å². The minimum absolute atomic E-state index is 0.470. The Morgan fingerprint density at radius 1 is 1.10 bits per heavy atom. The van der Waals surface area contributed by atoms with Crippen LogP contribution in [0.5, 0.6) is 0 Å². The van der Waals surface area contributed by atoms with E-state index in [9.17, 15) is 9.59 Å². The molecule has 0 spiro atoms. The van der Waals surface area contributed by atoms with Gasteiger partial charge in [0.2, 0.25) is 0 Å². The zero-order valence-electron chi connectivity index (χ0n) is 12.2. The SMILES string of the molecule is Cc1cc(C)c(NC(=O)C(=O)N2CCOCC2)c(C)c1. The fourth-order valence-electron chi connectivity index (χ4n) is 2.45. The summed E-state index contributed by atoms with van der Waals surface area (Å²) in [6.45, 7) is 7.77. The summed E-state index contributed by atoms with van der Waals surface area (Å²) in [6.07, 6.45) is 0. The zero-order chi connectivity index (χ0) is 14.7. The molecular formula is C15H20N2O3. The molecule has 0 radical (unpaired) electrons. The quantitative estimate of drug-likeness (QED) is 0.789. The van der Waals surface area contributed by atoms with E-state index in [4.69, 9.17) is 4.74 Å². The average molecular weight is 276 g/mol. The molecule has 0 aromatic heterocycles. The number of nitrogens with zero attached hydrogens (tertiary/aromatic N) is 1. The lowest BCUT2D eigenvalue weighted by Crippen LogP contribution is -2.46. The van der Waals surface area contributed by atoms with Gasteiger partial charge in [-0.05, 0) is 31.9 Å². The highest BCUT2D eigenvalue weighted by atomic mass is 16.5. The molecule has 1 aliphatic heterocycles. The van der Waals surface area contributed by atoms with E-state index in [0.717, 1.165) is 22.4 Å². The van der Waals surface area contributed by atoms with Crippen molar-refractivity contribution in [3.05, 3.63) is 28.8 Å². The van der Waals surface area contributed by atoms with Crippen molar-refractivity contribution in [2.75, 3.05) is 31.6 Å². The molecule has 5 heteroatoms. The summed E-state index contributed by atoms with van der Waals surface area (Å²) in [6, 6.07) is 3.98. The summed E-state index contributed by atoms with van der Waals surface area (Å²) < 4.78 is 5.17. The maximum absolute atomic E-state index is 12.1. The summed E-state index contributed by atoms with van der Waals surface area (Å²) in [7, 11) is 0. The van der Waals surface area contributed by atoms with Crippen LogP contribution in [0.4, 0.5) is 5.69 Å². The topological polar surface area (TPSA) is 58.6 Å². The Hall–Kier alpha value is -1.88. The molecule has 1 aromatic carbocycles. The second-order valence-corrected chi connectivity index (χ2v) is 5.13. The lowest BCUT2D eigenvalue weighted by atomic mass is 10.1. The van der Waals surface area contributed by atoms with E-state index in [1.54, 1.807) is 0 Å². The van der Waals surface area contributed by atoms with Crippen LogP contribution in [0.3, 0.4) is 0 Å². The first-order valence-electron chi connectivity index (χ1n) is 6.75. The normalized spacial score (nSPS) is 15.1. The van der Waals surface area contributed by atoms with Crippen LogP contribution in [0.2, 0.25) is 0 Å². The number of carbonyl (C=O) groups excluding carboxylic acids is 2. The molecule has 1 saturated heterocycles. The van der Waals surface area contributed by atoms with Gasteiger partial charge >= 0.3 is 11.8 Å². The number of ether oxygens (including phenoxy) is 1. The third kappa shape index (κ3) is 3.17. The van der Waals surface area contributed by atoms with Gasteiger partial charge in [0.1, 0.15) is 0 Å². The van der Waals surface area contributed by atoms with E-state index in [0.29, 0.717) is 26.3 Å². The monoisotopic (exact) mass is 276 g/mol. The molecule has 2 amide bonds. The number of hydrogen-bond donors (Lipinski definition) is 1. The second-order valence-electron chi connectivity index (χ2n) is 5.13. The molecule has 1 aromatic rings. The van der Waals surface area contributed by atoms with Crippen molar-refractivity contribution in [1.29, 1.82) is 0 Å². The summed E-state index contributed by atoms with van der Waals surface area (Å²) in [4.78, 5) is 25.6. The van der Waals surface area contributed by atoms with Gasteiger partial charge in [0, 0.05) is 18.8 Å². The number of nitrogens with one attached hydrogen (secondary N) is 1. The minimum Gasteiger partial charge on any atom is -0.378 e. The molecule has 0 atom stereocenters. The Balaban J connectivity index is 2.09. The number of hydrogen-bond acceptors (Lipinski definition) is 3. The van der Waals surface area contributed by atoms with Gasteiger partial charge in [0.05, 0.1) is 13.2 Å². The smallest absolute Gasteiger partial charge is 0.313 e. The first-order valence-corrected chi connectivity index (χ1v) is 6.75. The van der Waals surface area contributed by atoms with Crippen molar-refractivity contribution >= 4 is 17.5 Å². The van der Waals surface area contributed by atoms with Crippen LogP contribution in [0.25, 0.3) is 0 Å². The van der Waals surface area contributed by atoms with Crippen molar-refractivity contribution in [3.63, 3.8) is 0 Å². The van der Waals surface area contributed by atoms with Crippen molar-refractivity contribution in [1.82, 2.24) is 4.90 Å². The zero-order valence-corrected chi connectivity index (χ0v) is 12.2. The summed E-state index contributed by atoms with van der Waals surface area (Å²) in [5.74, 6) is -1.07. The van der Waals surface area contributed by atoms with E-state index in [-0.39, 0.29) is 0 Å². The molecule has 0 unspecified atom stereocenters. The molecule has 1 N–H and O–H groups in total. The average Bonchev–Trinajstić information content (AvgIpc) is 2.42. The lowest BCUT2D eigenvalue weighted by Gasteiger charge is -2.26. The number of morpholine rings is 1. The van der Waals surface area contributed by atoms with Gasteiger partial charge in [-0.3, -0.25) is 9.59 Å². The van der Waals surface area contributed by atoms with Gasteiger partial charge in [-0.1, -0.05) is 17.7 Å². The van der Waals surface area contributed by atoms with E-state index >= 15 is 0 Å². The van der Waals surface area contributed by atoms with Crippen LogP contribution >= 0.6 is 0 Å². The van der Waals surface area contributed by atoms with Gasteiger partial charge in [0.25, 0.3) is 0 Å². The Bertz CT molecular complexity index is 511. The van der Waals surface area contributed by atoms with Crippen molar-refractivity contribution in [3.8, 4) is 0 Å². The van der Waals surface area contributed by atoms with Gasteiger partial charge in [-0.2, -0.15) is 0 Å². The van der Waals surface area contributed by atoms with Crippen molar-refractivity contribution in [2.45, 2.75) is 20.8 Å². The Labute approximate surface area is 118 Å². The molecule has 0 aliphatic carbocycles. The Morgan fingerprint density at radius 2 is 1.65 bits per heavy atom. The first-order chi connectivity index (χ1) is 9.49.